The predicted octanol–water partition coefficient (Wildman–Crippen LogP) is 1.71. The highest BCUT2D eigenvalue weighted by Crippen LogP contribution is 2.43. The molecule has 0 aromatic carbocycles. The van der Waals surface area contributed by atoms with Gasteiger partial charge in [0, 0.05) is 12.8 Å². The van der Waals surface area contributed by atoms with Crippen molar-refractivity contribution in [2.45, 2.75) is 31.9 Å². The zero-order valence-electron chi connectivity index (χ0n) is 5.85. The van der Waals surface area contributed by atoms with Crippen LogP contribution in [0.5, 0.6) is 0 Å². The third-order valence-electron chi connectivity index (χ3n) is 2.76. The van der Waals surface area contributed by atoms with Crippen LogP contribution in [0.25, 0.3) is 0 Å². The normalized spacial score (nSPS) is 46.1. The Morgan fingerprint density at radius 2 is 1.70 bits per heavy atom. The van der Waals surface area contributed by atoms with Crippen LogP contribution in [0.1, 0.15) is 25.7 Å². The molecule has 1 nitrogen and oxygen atoms in total. The van der Waals surface area contributed by atoms with Crippen molar-refractivity contribution in [1.82, 2.24) is 0 Å². The summed E-state index contributed by atoms with van der Waals surface area (Å²) in [5.74, 6) is 1.16. The van der Waals surface area contributed by atoms with E-state index in [1.54, 1.807) is 0 Å². The van der Waals surface area contributed by atoms with E-state index in [-0.39, 0.29) is 0 Å². The van der Waals surface area contributed by atoms with Crippen LogP contribution < -0.4 is 0 Å². The van der Waals surface area contributed by atoms with Gasteiger partial charge in [-0.15, -0.1) is 0 Å². The number of hydrogen-bond acceptors (Lipinski definition) is 1. The molecule has 0 spiro atoms. The minimum atomic E-state index is -0.608. The number of hydrogen-bond donors (Lipinski definition) is 0. The molecule has 0 heterocycles. The summed E-state index contributed by atoms with van der Waals surface area (Å²) < 4.78 is 12.7. The molecule has 0 radical (unpaired) electrons. The number of Topliss-reactive ketones (excluding diaryl/α,β-unsaturated/α-hetero) is 1. The van der Waals surface area contributed by atoms with E-state index in [9.17, 15) is 9.18 Å². The Morgan fingerprint density at radius 3 is 2.20 bits per heavy atom. The van der Waals surface area contributed by atoms with Crippen molar-refractivity contribution < 1.29 is 9.18 Å². The lowest BCUT2D eigenvalue weighted by molar-refractivity contribution is -0.117. The maximum absolute atomic E-state index is 12.7. The zero-order valence-corrected chi connectivity index (χ0v) is 5.85. The van der Waals surface area contributed by atoms with Crippen molar-refractivity contribution in [3.63, 3.8) is 0 Å². The SMILES string of the molecule is O=C1C[C@@H]2CC(F)C[C@@H]2C1. The fourth-order valence-electron chi connectivity index (χ4n) is 2.31. The molecule has 2 aliphatic rings. The van der Waals surface area contributed by atoms with Crippen LogP contribution >= 0.6 is 0 Å². The lowest BCUT2D eigenvalue weighted by atomic mass is 10.0. The highest BCUT2D eigenvalue weighted by Gasteiger charge is 2.40. The van der Waals surface area contributed by atoms with Gasteiger partial charge in [-0.1, -0.05) is 0 Å². The Balaban J connectivity index is 2.06. The maximum Gasteiger partial charge on any atom is 0.133 e. The number of fused-ring (bicyclic) bond motifs is 1. The second kappa shape index (κ2) is 2.04. The third kappa shape index (κ3) is 0.862. The van der Waals surface area contributed by atoms with E-state index in [1.807, 2.05) is 0 Å². The highest BCUT2D eigenvalue weighted by atomic mass is 19.1. The first-order valence-electron chi connectivity index (χ1n) is 3.91. The molecule has 0 aromatic rings. The molecule has 1 unspecified atom stereocenters. The number of alkyl halides is 1. The summed E-state index contributed by atoms with van der Waals surface area (Å²) in [4.78, 5) is 10.8. The zero-order chi connectivity index (χ0) is 7.14. The van der Waals surface area contributed by atoms with Crippen LogP contribution in [0.4, 0.5) is 4.39 Å². The summed E-state index contributed by atoms with van der Waals surface area (Å²) in [5.41, 5.74) is 0. The molecular weight excluding hydrogens is 131 g/mol. The molecular formula is C8H11FO. The second-order valence-electron chi connectivity index (χ2n) is 3.54. The summed E-state index contributed by atoms with van der Waals surface area (Å²) >= 11 is 0. The Morgan fingerprint density at radius 1 is 1.20 bits per heavy atom. The number of carbonyl (C=O) groups is 1. The molecule has 0 amide bonds. The molecule has 0 saturated heterocycles. The van der Waals surface area contributed by atoms with Gasteiger partial charge >= 0.3 is 0 Å². The van der Waals surface area contributed by atoms with Crippen molar-refractivity contribution in [3.8, 4) is 0 Å². The minimum absolute atomic E-state index is 0.349. The molecule has 56 valence electrons. The van der Waals surface area contributed by atoms with Crippen LogP contribution in [0.2, 0.25) is 0 Å². The summed E-state index contributed by atoms with van der Waals surface area (Å²) in [6.07, 6.45) is 2.01. The molecule has 0 aliphatic heterocycles. The van der Waals surface area contributed by atoms with Crippen LogP contribution in [0.15, 0.2) is 0 Å². The first-order chi connectivity index (χ1) is 4.75. The fourth-order valence-corrected chi connectivity index (χ4v) is 2.31. The van der Waals surface area contributed by atoms with Gasteiger partial charge in [-0.25, -0.2) is 4.39 Å². The van der Waals surface area contributed by atoms with Crippen molar-refractivity contribution in [2.75, 3.05) is 0 Å². The number of carbonyl (C=O) groups excluding carboxylic acids is 1. The van der Waals surface area contributed by atoms with E-state index in [0.29, 0.717) is 43.3 Å². The quantitative estimate of drug-likeness (QED) is 0.503. The molecule has 2 fully saturated rings. The van der Waals surface area contributed by atoms with Gasteiger partial charge in [0.1, 0.15) is 12.0 Å². The largest absolute Gasteiger partial charge is 0.300 e. The Bertz CT molecular complexity index is 151. The molecule has 3 atom stereocenters. The maximum atomic E-state index is 12.7. The van der Waals surface area contributed by atoms with Crippen LogP contribution in [0, 0.1) is 11.8 Å². The van der Waals surface area contributed by atoms with E-state index < -0.39 is 6.17 Å². The lowest BCUT2D eigenvalue weighted by Gasteiger charge is -2.02. The van der Waals surface area contributed by atoms with E-state index in [1.165, 1.54) is 0 Å². The Labute approximate surface area is 59.6 Å². The van der Waals surface area contributed by atoms with E-state index in [2.05, 4.69) is 0 Å². The van der Waals surface area contributed by atoms with Gasteiger partial charge < -0.3 is 0 Å². The van der Waals surface area contributed by atoms with Gasteiger partial charge in [-0.05, 0) is 24.7 Å². The topological polar surface area (TPSA) is 17.1 Å². The number of rotatable bonds is 0. The van der Waals surface area contributed by atoms with Gasteiger partial charge in [-0.2, -0.15) is 0 Å². The van der Waals surface area contributed by atoms with Crippen molar-refractivity contribution in [2.24, 2.45) is 11.8 Å². The first kappa shape index (κ1) is 6.32. The minimum Gasteiger partial charge on any atom is -0.300 e. The highest BCUT2D eigenvalue weighted by molar-refractivity contribution is 5.81. The Hall–Kier alpha value is -0.400. The second-order valence-corrected chi connectivity index (χ2v) is 3.54. The average Bonchev–Trinajstić information content (AvgIpc) is 2.21. The van der Waals surface area contributed by atoms with Gasteiger partial charge in [-0.3, -0.25) is 4.79 Å². The molecule has 2 aliphatic carbocycles. The van der Waals surface area contributed by atoms with Crippen LogP contribution in [-0.4, -0.2) is 12.0 Å². The van der Waals surface area contributed by atoms with Crippen molar-refractivity contribution in [3.05, 3.63) is 0 Å². The van der Waals surface area contributed by atoms with Gasteiger partial charge in [0.2, 0.25) is 0 Å². The molecule has 2 rings (SSSR count). The Kier molecular flexibility index (Phi) is 1.29. The predicted molar refractivity (Wildman–Crippen MR) is 35.4 cm³/mol. The third-order valence-corrected chi connectivity index (χ3v) is 2.76. The lowest BCUT2D eigenvalue weighted by Crippen LogP contribution is -1.97. The molecule has 0 bridgehead atoms. The van der Waals surface area contributed by atoms with Crippen molar-refractivity contribution >= 4 is 5.78 Å². The summed E-state index contributed by atoms with van der Waals surface area (Å²) in [7, 11) is 0. The van der Waals surface area contributed by atoms with Gasteiger partial charge in [0.05, 0.1) is 0 Å². The molecule has 10 heavy (non-hydrogen) atoms. The smallest absolute Gasteiger partial charge is 0.133 e. The fraction of sp³-hybridized carbons (Fsp3) is 0.875. The van der Waals surface area contributed by atoms with Gasteiger partial charge in [0.15, 0.2) is 0 Å². The summed E-state index contributed by atoms with van der Waals surface area (Å²) in [5, 5.41) is 0. The van der Waals surface area contributed by atoms with Crippen molar-refractivity contribution in [1.29, 1.82) is 0 Å². The monoisotopic (exact) mass is 142 g/mol. The van der Waals surface area contributed by atoms with E-state index >= 15 is 0 Å². The molecule has 0 aromatic heterocycles. The van der Waals surface area contributed by atoms with Crippen LogP contribution in [-0.2, 0) is 4.79 Å². The standard InChI is InChI=1S/C8H11FO/c9-7-1-5-3-8(10)4-6(5)2-7/h5-7H,1-4H2/t5-,6+,7?. The summed E-state index contributed by atoms with van der Waals surface area (Å²) in [6.45, 7) is 0. The number of ketones is 1. The number of halogens is 1. The molecule has 2 saturated carbocycles. The average molecular weight is 142 g/mol. The molecule has 0 N–H and O–H groups in total. The van der Waals surface area contributed by atoms with E-state index in [0.717, 1.165) is 0 Å². The first-order valence-corrected chi connectivity index (χ1v) is 3.91. The van der Waals surface area contributed by atoms with Gasteiger partial charge in [0.25, 0.3) is 0 Å². The summed E-state index contributed by atoms with van der Waals surface area (Å²) in [6, 6.07) is 0. The van der Waals surface area contributed by atoms with E-state index in [4.69, 9.17) is 0 Å². The molecule has 2 heteroatoms. The van der Waals surface area contributed by atoms with Crippen LogP contribution in [0.3, 0.4) is 0 Å².